The summed E-state index contributed by atoms with van der Waals surface area (Å²) < 4.78 is 0. The fourth-order valence-electron chi connectivity index (χ4n) is 2.23. The van der Waals surface area contributed by atoms with Crippen LogP contribution < -0.4 is 0 Å². The van der Waals surface area contributed by atoms with Gasteiger partial charge in [-0.25, -0.2) is 0 Å². The minimum absolute atomic E-state index is 0.161. The number of hydroxylamine groups is 2. The number of rotatable bonds is 2. The maximum Gasteiger partial charge on any atom is 0.154 e. The Kier molecular flexibility index (Phi) is 2.93. The lowest BCUT2D eigenvalue weighted by Gasteiger charge is -2.30. The highest BCUT2D eigenvalue weighted by Gasteiger charge is 2.42. The van der Waals surface area contributed by atoms with Crippen LogP contribution in [0.3, 0.4) is 0 Å². The number of para-hydroxylation sites is 1. The fraction of sp³-hybridized carbons (Fsp3) is 0.462. The second-order valence-electron chi connectivity index (χ2n) is 4.77. The molecule has 1 aliphatic rings. The zero-order chi connectivity index (χ0) is 12.6. The Morgan fingerprint density at radius 1 is 1.35 bits per heavy atom. The Bertz CT molecular complexity index is 454. The highest BCUT2D eigenvalue weighted by atomic mass is 16.5. The molecule has 1 aromatic carbocycles. The predicted octanol–water partition coefficient (Wildman–Crippen LogP) is 2.73. The van der Waals surface area contributed by atoms with E-state index in [1.165, 1.54) is 5.06 Å². The van der Waals surface area contributed by atoms with Crippen molar-refractivity contribution in [2.75, 3.05) is 0 Å². The summed E-state index contributed by atoms with van der Waals surface area (Å²) in [6.07, 6.45) is 0.273. The van der Waals surface area contributed by atoms with Gasteiger partial charge in [-0.3, -0.25) is 4.99 Å². The molecule has 0 saturated carbocycles. The first-order chi connectivity index (χ1) is 7.98. The number of nitrogens with zero attached hydrogens (tertiary/aromatic N) is 2. The van der Waals surface area contributed by atoms with Crippen molar-refractivity contribution in [2.24, 2.45) is 4.99 Å². The van der Waals surface area contributed by atoms with Crippen LogP contribution >= 0.6 is 0 Å². The van der Waals surface area contributed by atoms with E-state index < -0.39 is 11.7 Å². The predicted molar refractivity (Wildman–Crippen MR) is 66.3 cm³/mol. The minimum Gasteiger partial charge on any atom is -0.508 e. The first-order valence-corrected chi connectivity index (χ1v) is 5.81. The monoisotopic (exact) mass is 234 g/mol. The van der Waals surface area contributed by atoms with Crippen molar-refractivity contribution in [3.8, 4) is 5.75 Å². The quantitative estimate of drug-likeness (QED) is 0.827. The standard InChI is InChI=1S/C13H18N2O2/c1-4-11-13(2,3)15(17)12(14-11)9-7-5-6-8-10(9)16/h5-8,12,16-17H,4H2,1-3H3/t12-/m0/s1. The summed E-state index contributed by atoms with van der Waals surface area (Å²) in [5.74, 6) is 0.161. The first-order valence-electron chi connectivity index (χ1n) is 5.81. The van der Waals surface area contributed by atoms with E-state index in [0.29, 0.717) is 5.56 Å². The van der Waals surface area contributed by atoms with Crippen LogP contribution in [0.4, 0.5) is 0 Å². The zero-order valence-corrected chi connectivity index (χ0v) is 10.4. The second-order valence-corrected chi connectivity index (χ2v) is 4.77. The molecular weight excluding hydrogens is 216 g/mol. The molecular formula is C13H18N2O2. The molecule has 1 aromatic rings. The summed E-state index contributed by atoms with van der Waals surface area (Å²) in [7, 11) is 0. The summed E-state index contributed by atoms with van der Waals surface area (Å²) in [5.41, 5.74) is 1.08. The van der Waals surface area contributed by atoms with Crippen molar-refractivity contribution in [3.05, 3.63) is 29.8 Å². The van der Waals surface area contributed by atoms with Crippen molar-refractivity contribution in [1.29, 1.82) is 0 Å². The number of hydrogen-bond acceptors (Lipinski definition) is 4. The van der Waals surface area contributed by atoms with Crippen LogP contribution in [0.5, 0.6) is 5.75 Å². The lowest BCUT2D eigenvalue weighted by atomic mass is 9.97. The molecule has 4 nitrogen and oxygen atoms in total. The summed E-state index contributed by atoms with van der Waals surface area (Å²) in [6.45, 7) is 5.87. The third kappa shape index (κ3) is 1.83. The molecule has 0 spiro atoms. The van der Waals surface area contributed by atoms with Gasteiger partial charge in [0.05, 0.1) is 5.54 Å². The lowest BCUT2D eigenvalue weighted by Crippen LogP contribution is -2.43. The van der Waals surface area contributed by atoms with Crippen molar-refractivity contribution >= 4 is 5.71 Å². The van der Waals surface area contributed by atoms with Crippen LogP contribution in [0, 0.1) is 0 Å². The molecule has 0 aromatic heterocycles. The highest BCUT2D eigenvalue weighted by molar-refractivity contribution is 5.94. The largest absolute Gasteiger partial charge is 0.508 e. The van der Waals surface area contributed by atoms with Gasteiger partial charge < -0.3 is 10.3 Å². The van der Waals surface area contributed by atoms with Gasteiger partial charge in [-0.2, -0.15) is 5.06 Å². The molecule has 0 saturated heterocycles. The smallest absolute Gasteiger partial charge is 0.154 e. The maximum absolute atomic E-state index is 10.2. The Hall–Kier alpha value is -1.39. The van der Waals surface area contributed by atoms with E-state index in [9.17, 15) is 10.3 Å². The van der Waals surface area contributed by atoms with E-state index in [0.717, 1.165) is 12.1 Å². The van der Waals surface area contributed by atoms with Crippen molar-refractivity contribution < 1.29 is 10.3 Å². The van der Waals surface area contributed by atoms with E-state index >= 15 is 0 Å². The number of phenols is 1. The summed E-state index contributed by atoms with van der Waals surface area (Å²) in [4.78, 5) is 4.50. The minimum atomic E-state index is -0.513. The van der Waals surface area contributed by atoms with E-state index in [4.69, 9.17) is 0 Å². The molecule has 2 N–H and O–H groups in total. The SMILES string of the molecule is CCC1=N[C@H](c2ccccc2O)N(O)C1(C)C. The van der Waals surface area contributed by atoms with Crippen LogP contribution in [0.15, 0.2) is 29.3 Å². The summed E-state index contributed by atoms with van der Waals surface area (Å²) >= 11 is 0. The molecule has 17 heavy (non-hydrogen) atoms. The molecule has 0 amide bonds. The Morgan fingerprint density at radius 2 is 2.00 bits per heavy atom. The van der Waals surface area contributed by atoms with Gasteiger partial charge in [-0.1, -0.05) is 25.1 Å². The Labute approximate surface area is 101 Å². The van der Waals surface area contributed by atoms with Crippen LogP contribution in [0.25, 0.3) is 0 Å². The number of hydrogen-bond donors (Lipinski definition) is 2. The molecule has 1 aliphatic heterocycles. The van der Waals surface area contributed by atoms with Gasteiger partial charge >= 0.3 is 0 Å². The van der Waals surface area contributed by atoms with Gasteiger partial charge in [0.15, 0.2) is 6.17 Å². The normalized spacial score (nSPS) is 23.8. The highest BCUT2D eigenvalue weighted by Crippen LogP contribution is 2.39. The van der Waals surface area contributed by atoms with E-state index in [-0.39, 0.29) is 5.75 Å². The van der Waals surface area contributed by atoms with E-state index in [1.807, 2.05) is 26.8 Å². The average Bonchev–Trinajstić information content (AvgIpc) is 2.52. The first kappa shape index (κ1) is 12.1. The van der Waals surface area contributed by atoms with Gasteiger partial charge in [0.2, 0.25) is 0 Å². The average molecular weight is 234 g/mol. The molecule has 92 valence electrons. The van der Waals surface area contributed by atoms with Crippen LogP contribution in [0.1, 0.15) is 38.9 Å². The number of phenolic OH excluding ortho intramolecular Hbond substituents is 1. The van der Waals surface area contributed by atoms with Crippen molar-refractivity contribution in [1.82, 2.24) is 5.06 Å². The van der Waals surface area contributed by atoms with E-state index in [2.05, 4.69) is 4.99 Å². The van der Waals surface area contributed by atoms with Crippen LogP contribution in [-0.2, 0) is 0 Å². The molecule has 0 unspecified atom stereocenters. The van der Waals surface area contributed by atoms with Crippen LogP contribution in [-0.4, -0.2) is 26.6 Å². The topological polar surface area (TPSA) is 56.1 Å². The molecule has 0 radical (unpaired) electrons. The molecule has 0 bridgehead atoms. The lowest BCUT2D eigenvalue weighted by molar-refractivity contribution is -0.160. The third-order valence-electron chi connectivity index (χ3n) is 3.34. The zero-order valence-electron chi connectivity index (χ0n) is 10.4. The molecule has 1 heterocycles. The summed E-state index contributed by atoms with van der Waals surface area (Å²) in [6, 6.07) is 6.97. The van der Waals surface area contributed by atoms with Crippen LogP contribution in [0.2, 0.25) is 0 Å². The number of aromatic hydroxyl groups is 1. The second kappa shape index (κ2) is 4.13. The third-order valence-corrected chi connectivity index (χ3v) is 3.34. The molecule has 1 atom stereocenters. The number of benzene rings is 1. The van der Waals surface area contributed by atoms with Gasteiger partial charge in [-0.15, -0.1) is 0 Å². The van der Waals surface area contributed by atoms with Gasteiger partial charge in [0, 0.05) is 11.3 Å². The Balaban J connectivity index is 2.43. The van der Waals surface area contributed by atoms with Gasteiger partial charge in [0.25, 0.3) is 0 Å². The Morgan fingerprint density at radius 3 is 2.53 bits per heavy atom. The molecule has 0 aliphatic carbocycles. The maximum atomic E-state index is 10.2. The summed E-state index contributed by atoms with van der Waals surface area (Å²) in [5, 5.41) is 21.2. The molecule has 0 fully saturated rings. The fourth-order valence-corrected chi connectivity index (χ4v) is 2.23. The van der Waals surface area contributed by atoms with Gasteiger partial charge in [0.1, 0.15) is 5.75 Å². The van der Waals surface area contributed by atoms with Crippen molar-refractivity contribution in [3.63, 3.8) is 0 Å². The number of aliphatic imine (C=N–C) groups is 1. The van der Waals surface area contributed by atoms with E-state index in [1.54, 1.807) is 18.2 Å². The molecule has 4 heteroatoms. The molecule has 2 rings (SSSR count). The van der Waals surface area contributed by atoms with Gasteiger partial charge in [-0.05, 0) is 26.3 Å². The van der Waals surface area contributed by atoms with Crippen molar-refractivity contribution in [2.45, 2.75) is 38.9 Å².